The summed E-state index contributed by atoms with van der Waals surface area (Å²) in [5, 5.41) is 2.68. The average Bonchev–Trinajstić information content (AvgIpc) is 2.61. The molecule has 2 atom stereocenters. The lowest BCUT2D eigenvalue weighted by Crippen LogP contribution is -2.49. The van der Waals surface area contributed by atoms with E-state index < -0.39 is 6.04 Å². The van der Waals surface area contributed by atoms with Crippen molar-refractivity contribution < 1.29 is 9.59 Å². The molecule has 1 heterocycles. The molecule has 1 aliphatic rings. The Labute approximate surface area is 121 Å². The average molecular weight is 286 g/mol. The van der Waals surface area contributed by atoms with Crippen LogP contribution in [-0.2, 0) is 9.59 Å². The highest BCUT2D eigenvalue weighted by molar-refractivity contribution is 7.80. The molecule has 0 aliphatic carbocycles. The molecule has 5 heteroatoms. The molecule has 1 saturated heterocycles. The van der Waals surface area contributed by atoms with Crippen LogP contribution in [0.15, 0.2) is 0 Å². The molecule has 0 aromatic rings. The zero-order chi connectivity index (χ0) is 14.3. The Bertz CT molecular complexity index is 310. The molecule has 2 amide bonds. The molecular weight excluding hydrogens is 260 g/mol. The van der Waals surface area contributed by atoms with Crippen LogP contribution in [-0.4, -0.2) is 41.6 Å². The van der Waals surface area contributed by atoms with Crippen molar-refractivity contribution in [3.05, 3.63) is 0 Å². The second-order valence-electron chi connectivity index (χ2n) is 5.35. The van der Waals surface area contributed by atoms with Crippen LogP contribution in [0.2, 0.25) is 0 Å². The lowest BCUT2D eigenvalue weighted by molar-refractivity contribution is -0.135. The van der Waals surface area contributed by atoms with Crippen LogP contribution < -0.4 is 5.32 Å². The van der Waals surface area contributed by atoms with Crippen LogP contribution in [0.3, 0.4) is 0 Å². The molecule has 19 heavy (non-hydrogen) atoms. The van der Waals surface area contributed by atoms with Crippen molar-refractivity contribution in [1.29, 1.82) is 0 Å². The Balaban J connectivity index is 2.53. The number of nitrogens with zero attached hydrogens (tertiary/aromatic N) is 1. The van der Waals surface area contributed by atoms with E-state index in [4.69, 9.17) is 0 Å². The first-order chi connectivity index (χ1) is 9.08. The van der Waals surface area contributed by atoms with Gasteiger partial charge in [-0.05, 0) is 25.2 Å². The van der Waals surface area contributed by atoms with Gasteiger partial charge in [0.2, 0.25) is 11.8 Å². The Morgan fingerprint density at radius 1 is 1.37 bits per heavy atom. The summed E-state index contributed by atoms with van der Waals surface area (Å²) in [6.45, 7) is 5.27. The minimum Gasteiger partial charge on any atom is -0.344 e. The normalized spacial score (nSPS) is 21.6. The molecule has 110 valence electrons. The second kappa shape index (κ2) is 8.46. The monoisotopic (exact) mass is 286 g/mol. The quantitative estimate of drug-likeness (QED) is 0.758. The third-order valence-electron chi connectivity index (χ3n) is 3.71. The predicted molar refractivity (Wildman–Crippen MR) is 80.3 cm³/mol. The van der Waals surface area contributed by atoms with Gasteiger partial charge in [-0.3, -0.25) is 9.59 Å². The van der Waals surface area contributed by atoms with Crippen molar-refractivity contribution in [3.63, 3.8) is 0 Å². The summed E-state index contributed by atoms with van der Waals surface area (Å²) in [5.74, 6) is 0.944. The molecule has 0 aromatic heterocycles. The molecule has 0 bridgehead atoms. The Morgan fingerprint density at radius 3 is 2.68 bits per heavy atom. The Morgan fingerprint density at radius 2 is 2.11 bits per heavy atom. The SMILES string of the molecule is CCCC1CCCN(C(=O)C(CS)NC(C)=O)CC1. The van der Waals surface area contributed by atoms with E-state index in [-0.39, 0.29) is 11.8 Å². The number of hydrogen-bond acceptors (Lipinski definition) is 3. The molecule has 0 saturated carbocycles. The van der Waals surface area contributed by atoms with Crippen LogP contribution in [0.1, 0.15) is 46.0 Å². The maximum absolute atomic E-state index is 12.3. The summed E-state index contributed by atoms with van der Waals surface area (Å²) < 4.78 is 0. The fourth-order valence-electron chi connectivity index (χ4n) is 2.73. The van der Waals surface area contributed by atoms with Crippen LogP contribution in [0, 0.1) is 5.92 Å². The summed E-state index contributed by atoms with van der Waals surface area (Å²) in [6, 6.07) is -0.483. The summed E-state index contributed by atoms with van der Waals surface area (Å²) in [6.07, 6.45) is 5.82. The molecule has 0 spiro atoms. The smallest absolute Gasteiger partial charge is 0.245 e. The van der Waals surface area contributed by atoms with Gasteiger partial charge in [0.15, 0.2) is 0 Å². The highest BCUT2D eigenvalue weighted by Crippen LogP contribution is 2.22. The standard InChI is InChI=1S/C14H26N2O2S/c1-3-5-12-6-4-8-16(9-7-12)14(18)13(10-19)15-11(2)17/h12-13,19H,3-10H2,1-2H3,(H,15,17). The molecule has 0 radical (unpaired) electrons. The lowest BCUT2D eigenvalue weighted by Gasteiger charge is -2.25. The van der Waals surface area contributed by atoms with Gasteiger partial charge in [-0.25, -0.2) is 0 Å². The first-order valence-corrected chi connectivity index (χ1v) is 7.88. The fourth-order valence-corrected chi connectivity index (χ4v) is 2.98. The van der Waals surface area contributed by atoms with E-state index in [1.54, 1.807) is 0 Å². The van der Waals surface area contributed by atoms with Gasteiger partial charge in [0, 0.05) is 25.8 Å². The minimum absolute atomic E-state index is 0.0161. The summed E-state index contributed by atoms with van der Waals surface area (Å²) in [7, 11) is 0. The zero-order valence-corrected chi connectivity index (χ0v) is 12.9. The van der Waals surface area contributed by atoms with E-state index in [0.717, 1.165) is 31.8 Å². The van der Waals surface area contributed by atoms with E-state index in [0.29, 0.717) is 5.75 Å². The highest BCUT2D eigenvalue weighted by atomic mass is 32.1. The van der Waals surface area contributed by atoms with Gasteiger partial charge in [-0.1, -0.05) is 19.8 Å². The van der Waals surface area contributed by atoms with E-state index in [1.807, 2.05) is 4.90 Å². The van der Waals surface area contributed by atoms with Crippen LogP contribution in [0.4, 0.5) is 0 Å². The van der Waals surface area contributed by atoms with Crippen molar-refractivity contribution in [3.8, 4) is 0 Å². The van der Waals surface area contributed by atoms with E-state index in [1.165, 1.54) is 26.2 Å². The number of amides is 2. The third kappa shape index (κ3) is 5.43. The van der Waals surface area contributed by atoms with Crippen LogP contribution >= 0.6 is 12.6 Å². The van der Waals surface area contributed by atoms with Crippen molar-refractivity contribution >= 4 is 24.4 Å². The Hall–Kier alpha value is -0.710. The second-order valence-corrected chi connectivity index (χ2v) is 5.71. The van der Waals surface area contributed by atoms with Gasteiger partial charge in [0.25, 0.3) is 0 Å². The first kappa shape index (κ1) is 16.3. The van der Waals surface area contributed by atoms with E-state index in [2.05, 4.69) is 24.9 Å². The maximum atomic E-state index is 12.3. The number of hydrogen-bond donors (Lipinski definition) is 2. The summed E-state index contributed by atoms with van der Waals surface area (Å²) >= 11 is 4.17. The molecular formula is C14H26N2O2S. The predicted octanol–water partition coefficient (Wildman–Crippen LogP) is 1.85. The first-order valence-electron chi connectivity index (χ1n) is 7.25. The van der Waals surface area contributed by atoms with Gasteiger partial charge in [-0.15, -0.1) is 0 Å². The van der Waals surface area contributed by atoms with Crippen molar-refractivity contribution in [2.75, 3.05) is 18.8 Å². The largest absolute Gasteiger partial charge is 0.344 e. The fraction of sp³-hybridized carbons (Fsp3) is 0.857. The number of nitrogens with one attached hydrogen (secondary N) is 1. The number of rotatable bonds is 5. The zero-order valence-electron chi connectivity index (χ0n) is 12.0. The maximum Gasteiger partial charge on any atom is 0.245 e. The van der Waals surface area contributed by atoms with E-state index >= 15 is 0 Å². The van der Waals surface area contributed by atoms with Crippen molar-refractivity contribution in [2.24, 2.45) is 5.92 Å². The molecule has 1 aliphatic heterocycles. The van der Waals surface area contributed by atoms with Crippen LogP contribution in [0.5, 0.6) is 0 Å². The number of likely N-dealkylation sites (tertiary alicyclic amines) is 1. The van der Waals surface area contributed by atoms with Gasteiger partial charge in [-0.2, -0.15) is 12.6 Å². The Kier molecular flexibility index (Phi) is 7.28. The van der Waals surface area contributed by atoms with E-state index in [9.17, 15) is 9.59 Å². The molecule has 1 rings (SSSR count). The van der Waals surface area contributed by atoms with Crippen molar-refractivity contribution in [1.82, 2.24) is 10.2 Å². The van der Waals surface area contributed by atoms with Gasteiger partial charge >= 0.3 is 0 Å². The highest BCUT2D eigenvalue weighted by Gasteiger charge is 2.26. The van der Waals surface area contributed by atoms with Gasteiger partial charge in [0.05, 0.1) is 0 Å². The lowest BCUT2D eigenvalue weighted by atomic mass is 9.96. The number of carbonyl (C=O) groups excluding carboxylic acids is 2. The van der Waals surface area contributed by atoms with Gasteiger partial charge in [0.1, 0.15) is 6.04 Å². The molecule has 1 fully saturated rings. The van der Waals surface area contributed by atoms with Crippen LogP contribution in [0.25, 0.3) is 0 Å². The minimum atomic E-state index is -0.483. The molecule has 0 aromatic carbocycles. The van der Waals surface area contributed by atoms with Gasteiger partial charge < -0.3 is 10.2 Å². The summed E-state index contributed by atoms with van der Waals surface area (Å²) in [4.78, 5) is 25.3. The summed E-state index contributed by atoms with van der Waals surface area (Å²) in [5.41, 5.74) is 0. The topological polar surface area (TPSA) is 49.4 Å². The number of thiol groups is 1. The number of carbonyl (C=O) groups is 2. The van der Waals surface area contributed by atoms with Crippen molar-refractivity contribution in [2.45, 2.75) is 52.0 Å². The molecule has 2 unspecified atom stereocenters. The molecule has 4 nitrogen and oxygen atoms in total. The molecule has 1 N–H and O–H groups in total. The third-order valence-corrected chi connectivity index (χ3v) is 4.08.